The van der Waals surface area contributed by atoms with E-state index in [2.05, 4.69) is 24.8 Å². The number of alkyl halides is 1. The second kappa shape index (κ2) is 6.14. The molecule has 0 aromatic heterocycles. The van der Waals surface area contributed by atoms with Gasteiger partial charge in [0, 0.05) is 23.1 Å². The first-order valence-electron chi connectivity index (χ1n) is 6.38. The molecule has 18 heavy (non-hydrogen) atoms. The molecule has 2 atom stereocenters. The highest BCUT2D eigenvalue weighted by Gasteiger charge is 2.25. The van der Waals surface area contributed by atoms with Gasteiger partial charge in [-0.05, 0) is 31.0 Å². The van der Waals surface area contributed by atoms with Crippen molar-refractivity contribution in [1.29, 1.82) is 0 Å². The molecule has 100 valence electrons. The van der Waals surface area contributed by atoms with Crippen LogP contribution in [0.5, 0.6) is 0 Å². The topological polar surface area (TPSA) is 12.5 Å². The third-order valence-corrected chi connectivity index (χ3v) is 4.09. The highest BCUT2D eigenvalue weighted by atomic mass is 35.5. The molecule has 1 saturated heterocycles. The largest absolute Gasteiger partial charge is 0.375 e. The number of hydrogen-bond donors (Lipinski definition) is 0. The first-order chi connectivity index (χ1) is 8.65. The Hall–Kier alpha value is -0.440. The third kappa shape index (κ3) is 2.93. The van der Waals surface area contributed by atoms with Crippen LogP contribution < -0.4 is 4.90 Å². The van der Waals surface area contributed by atoms with Crippen LogP contribution in [0.4, 0.5) is 5.69 Å². The van der Waals surface area contributed by atoms with Gasteiger partial charge in [-0.15, -0.1) is 11.6 Å². The summed E-state index contributed by atoms with van der Waals surface area (Å²) < 4.78 is 5.71. The lowest BCUT2D eigenvalue weighted by molar-refractivity contribution is 0.0299. The summed E-state index contributed by atoms with van der Waals surface area (Å²) in [7, 11) is 0. The van der Waals surface area contributed by atoms with E-state index in [9.17, 15) is 0 Å². The molecule has 2 rings (SSSR count). The maximum Gasteiger partial charge on any atom is 0.0723 e. The van der Waals surface area contributed by atoms with Crippen LogP contribution in [-0.2, 0) is 10.6 Å². The minimum atomic E-state index is 0.263. The molecule has 1 fully saturated rings. The second-order valence-corrected chi connectivity index (χ2v) is 5.44. The number of halogens is 2. The number of morpholine rings is 1. The Morgan fingerprint density at radius 3 is 2.83 bits per heavy atom. The van der Waals surface area contributed by atoms with Crippen LogP contribution in [0.2, 0.25) is 5.02 Å². The highest BCUT2D eigenvalue weighted by Crippen LogP contribution is 2.28. The molecule has 1 aromatic carbocycles. The van der Waals surface area contributed by atoms with E-state index in [1.54, 1.807) is 0 Å². The molecule has 2 nitrogen and oxygen atoms in total. The lowest BCUT2D eigenvalue weighted by Crippen LogP contribution is -2.48. The van der Waals surface area contributed by atoms with Gasteiger partial charge in [-0.1, -0.05) is 24.6 Å². The minimum Gasteiger partial charge on any atom is -0.375 e. The molecular weight excluding hydrogens is 269 g/mol. The SMILES string of the molecule is CCC1COC(C)CN1c1ccc(CCl)c(Cl)c1. The van der Waals surface area contributed by atoms with E-state index in [0.717, 1.165) is 35.8 Å². The van der Waals surface area contributed by atoms with E-state index in [0.29, 0.717) is 11.9 Å². The van der Waals surface area contributed by atoms with Gasteiger partial charge in [0.15, 0.2) is 0 Å². The zero-order chi connectivity index (χ0) is 13.1. The molecule has 0 spiro atoms. The molecule has 0 radical (unpaired) electrons. The van der Waals surface area contributed by atoms with Crippen molar-refractivity contribution in [3.05, 3.63) is 28.8 Å². The molecule has 1 aliphatic heterocycles. The molecule has 0 saturated carbocycles. The van der Waals surface area contributed by atoms with Gasteiger partial charge >= 0.3 is 0 Å². The van der Waals surface area contributed by atoms with Crippen molar-refractivity contribution in [3.63, 3.8) is 0 Å². The van der Waals surface area contributed by atoms with Gasteiger partial charge in [0.2, 0.25) is 0 Å². The van der Waals surface area contributed by atoms with Crippen LogP contribution in [0.25, 0.3) is 0 Å². The summed E-state index contributed by atoms with van der Waals surface area (Å²) in [5, 5.41) is 0.747. The smallest absolute Gasteiger partial charge is 0.0723 e. The van der Waals surface area contributed by atoms with Gasteiger partial charge in [0.05, 0.1) is 18.8 Å². The molecule has 0 N–H and O–H groups in total. The Labute approximate surface area is 119 Å². The number of rotatable bonds is 3. The van der Waals surface area contributed by atoms with Crippen LogP contribution in [0.3, 0.4) is 0 Å². The summed E-state index contributed by atoms with van der Waals surface area (Å²) >= 11 is 12.1. The Bertz CT molecular complexity index is 411. The molecule has 1 aliphatic rings. The van der Waals surface area contributed by atoms with E-state index >= 15 is 0 Å². The fourth-order valence-electron chi connectivity index (χ4n) is 2.32. The zero-order valence-corrected chi connectivity index (χ0v) is 12.3. The third-order valence-electron chi connectivity index (χ3n) is 3.45. The molecule has 0 bridgehead atoms. The summed E-state index contributed by atoms with van der Waals surface area (Å²) in [4.78, 5) is 2.39. The molecule has 1 heterocycles. The van der Waals surface area contributed by atoms with Gasteiger partial charge < -0.3 is 9.64 Å². The summed E-state index contributed by atoms with van der Waals surface area (Å²) in [6.45, 7) is 5.99. The summed E-state index contributed by atoms with van der Waals surface area (Å²) in [6, 6.07) is 6.56. The number of hydrogen-bond acceptors (Lipinski definition) is 2. The number of anilines is 1. The minimum absolute atomic E-state index is 0.263. The van der Waals surface area contributed by atoms with Crippen molar-refractivity contribution in [2.75, 3.05) is 18.1 Å². The maximum atomic E-state index is 6.23. The average Bonchev–Trinajstić information content (AvgIpc) is 2.38. The van der Waals surface area contributed by atoms with Crippen LogP contribution in [-0.4, -0.2) is 25.3 Å². The fourth-order valence-corrected chi connectivity index (χ4v) is 2.86. The molecule has 4 heteroatoms. The maximum absolute atomic E-state index is 6.23. The van der Waals surface area contributed by atoms with Gasteiger partial charge in [0.1, 0.15) is 0 Å². The Balaban J connectivity index is 2.25. The van der Waals surface area contributed by atoms with E-state index in [1.165, 1.54) is 0 Å². The summed E-state index contributed by atoms with van der Waals surface area (Å²) in [5.74, 6) is 0.454. The number of nitrogens with zero attached hydrogens (tertiary/aromatic N) is 1. The standard InChI is InChI=1S/C14H19Cl2NO/c1-3-12-9-18-10(2)8-17(12)13-5-4-11(7-15)14(16)6-13/h4-6,10,12H,3,7-9H2,1-2H3. The predicted octanol–water partition coefficient (Wildman–Crippen LogP) is 4.08. The van der Waals surface area contributed by atoms with Gasteiger partial charge in [-0.25, -0.2) is 0 Å². The van der Waals surface area contributed by atoms with Crippen molar-refractivity contribution in [2.45, 2.75) is 38.3 Å². The van der Waals surface area contributed by atoms with Gasteiger partial charge in [0.25, 0.3) is 0 Å². The van der Waals surface area contributed by atoms with Gasteiger partial charge in [-0.2, -0.15) is 0 Å². The Morgan fingerprint density at radius 2 is 2.22 bits per heavy atom. The monoisotopic (exact) mass is 287 g/mol. The van der Waals surface area contributed by atoms with E-state index in [1.807, 2.05) is 12.1 Å². The number of ether oxygens (including phenoxy) is 1. The van der Waals surface area contributed by atoms with Crippen LogP contribution in [0.1, 0.15) is 25.8 Å². The fraction of sp³-hybridized carbons (Fsp3) is 0.571. The predicted molar refractivity (Wildman–Crippen MR) is 77.8 cm³/mol. The van der Waals surface area contributed by atoms with E-state index in [4.69, 9.17) is 27.9 Å². The van der Waals surface area contributed by atoms with Crippen molar-refractivity contribution in [2.24, 2.45) is 0 Å². The highest BCUT2D eigenvalue weighted by molar-refractivity contribution is 6.32. The summed E-state index contributed by atoms with van der Waals surface area (Å²) in [6.07, 6.45) is 1.33. The lowest BCUT2D eigenvalue weighted by Gasteiger charge is -2.40. The molecule has 2 unspecified atom stereocenters. The molecule has 1 aromatic rings. The Morgan fingerprint density at radius 1 is 1.44 bits per heavy atom. The van der Waals surface area contributed by atoms with Crippen molar-refractivity contribution >= 4 is 28.9 Å². The van der Waals surface area contributed by atoms with Crippen LogP contribution >= 0.6 is 23.2 Å². The van der Waals surface area contributed by atoms with Crippen LogP contribution in [0.15, 0.2) is 18.2 Å². The quantitative estimate of drug-likeness (QED) is 0.777. The average molecular weight is 288 g/mol. The van der Waals surface area contributed by atoms with E-state index < -0.39 is 0 Å². The van der Waals surface area contributed by atoms with Crippen molar-refractivity contribution < 1.29 is 4.74 Å². The van der Waals surface area contributed by atoms with Crippen molar-refractivity contribution in [1.82, 2.24) is 0 Å². The normalized spacial score (nSPS) is 24.3. The van der Waals surface area contributed by atoms with E-state index in [-0.39, 0.29) is 6.10 Å². The summed E-state index contributed by atoms with van der Waals surface area (Å²) in [5.41, 5.74) is 2.15. The molecule has 0 amide bonds. The lowest BCUT2D eigenvalue weighted by atomic mass is 10.1. The van der Waals surface area contributed by atoms with Crippen LogP contribution in [0, 0.1) is 0 Å². The Kier molecular flexibility index (Phi) is 4.77. The molecular formula is C14H19Cl2NO. The second-order valence-electron chi connectivity index (χ2n) is 4.77. The first-order valence-corrected chi connectivity index (χ1v) is 7.29. The van der Waals surface area contributed by atoms with Gasteiger partial charge in [-0.3, -0.25) is 0 Å². The molecule has 0 aliphatic carbocycles. The van der Waals surface area contributed by atoms with Crippen molar-refractivity contribution in [3.8, 4) is 0 Å². The first kappa shape index (κ1) is 14.0. The zero-order valence-electron chi connectivity index (χ0n) is 10.8. The number of benzene rings is 1.